The van der Waals surface area contributed by atoms with E-state index in [1.165, 1.54) is 50.6 Å². The van der Waals surface area contributed by atoms with E-state index in [-0.39, 0.29) is 5.54 Å². The molecule has 4 aliphatic rings. The second kappa shape index (κ2) is 7.73. The lowest BCUT2D eigenvalue weighted by molar-refractivity contribution is 0.135. The van der Waals surface area contributed by atoms with Crippen molar-refractivity contribution in [3.05, 3.63) is 42.7 Å². The van der Waals surface area contributed by atoms with Crippen molar-refractivity contribution < 1.29 is 0 Å². The Hall–Kier alpha value is -2.60. The van der Waals surface area contributed by atoms with Crippen molar-refractivity contribution in [2.24, 2.45) is 17.8 Å². The van der Waals surface area contributed by atoms with Crippen LogP contribution in [0.1, 0.15) is 44.9 Å². The highest BCUT2D eigenvalue weighted by atomic mass is 15.2. The molecule has 0 spiro atoms. The zero-order chi connectivity index (χ0) is 21.8. The van der Waals surface area contributed by atoms with E-state index in [0.29, 0.717) is 5.95 Å². The minimum atomic E-state index is 0.261. The molecule has 1 aliphatic heterocycles. The zero-order valence-corrected chi connectivity index (χ0v) is 19.3. The van der Waals surface area contributed by atoms with Gasteiger partial charge in [0, 0.05) is 60.9 Å². The molecular weight excluding hydrogens is 408 g/mol. The Kier molecular flexibility index (Phi) is 4.64. The Balaban J connectivity index is 1.17. The Morgan fingerprint density at radius 3 is 2.73 bits per heavy atom. The molecule has 33 heavy (non-hydrogen) atoms. The van der Waals surface area contributed by atoms with Crippen molar-refractivity contribution in [2.75, 3.05) is 36.4 Å². The molecule has 7 rings (SSSR count). The molecule has 0 radical (unpaired) electrons. The summed E-state index contributed by atoms with van der Waals surface area (Å²) in [6.45, 7) is 4.23. The lowest BCUT2D eigenvalue weighted by atomic mass is 9.73. The first-order valence-electron chi connectivity index (χ1n) is 12.9. The average molecular weight is 443 g/mol. The fourth-order valence-corrected chi connectivity index (χ4v) is 7.60. The van der Waals surface area contributed by atoms with E-state index in [2.05, 4.69) is 61.6 Å². The second-order valence-corrected chi connectivity index (χ2v) is 10.9. The largest absolute Gasteiger partial charge is 0.369 e. The fourth-order valence-electron chi connectivity index (χ4n) is 7.60. The Bertz CT molecular complexity index is 1150. The van der Waals surface area contributed by atoms with Gasteiger partial charge in [-0.05, 0) is 80.2 Å². The number of anilines is 3. The monoisotopic (exact) mass is 442 g/mol. The van der Waals surface area contributed by atoms with Gasteiger partial charge in [-0.25, -0.2) is 4.98 Å². The van der Waals surface area contributed by atoms with Crippen LogP contribution < -0.4 is 15.5 Å². The van der Waals surface area contributed by atoms with Crippen molar-refractivity contribution in [2.45, 2.75) is 50.5 Å². The molecule has 3 bridgehead atoms. The molecule has 3 heterocycles. The summed E-state index contributed by atoms with van der Waals surface area (Å²) in [5.41, 5.74) is 3.68. The van der Waals surface area contributed by atoms with Crippen LogP contribution in [0.15, 0.2) is 42.7 Å². The fraction of sp³-hybridized carbons (Fsp3) is 0.556. The molecule has 2 N–H and O–H groups in total. The minimum Gasteiger partial charge on any atom is -0.369 e. The highest BCUT2D eigenvalue weighted by molar-refractivity contribution is 5.77. The van der Waals surface area contributed by atoms with Crippen LogP contribution in [0.2, 0.25) is 0 Å². The standard InChI is InChI=1S/C27H34N6/c1-2-20-14-19-15-22(20)17-27(8-1,16-19)33-11-7-21-18-29-26(31-25(21)33)30-23-3-5-24(6-4-23)32-12-9-28-10-13-32/h3-7,11,18-20,22,28H,1-2,8-10,12-17H2,(H,29,30,31). The average Bonchev–Trinajstić information content (AvgIpc) is 3.36. The third-order valence-corrected chi connectivity index (χ3v) is 9.01. The minimum absolute atomic E-state index is 0.261. The number of nitrogens with zero attached hydrogens (tertiary/aromatic N) is 4. The molecule has 2 aromatic heterocycles. The molecule has 1 aromatic carbocycles. The number of benzene rings is 1. The molecule has 3 aromatic rings. The SMILES string of the molecule is c1cc(N2CCNCC2)ccc1Nc1ncc2ccn(C34CCCC5CC(CC5C3)C4)c2n1. The first-order valence-corrected chi connectivity index (χ1v) is 12.9. The highest BCUT2D eigenvalue weighted by Gasteiger charge is 2.50. The molecule has 0 amide bonds. The van der Waals surface area contributed by atoms with Gasteiger partial charge in [0.25, 0.3) is 0 Å². The van der Waals surface area contributed by atoms with Gasteiger partial charge in [-0.1, -0.05) is 12.8 Å². The van der Waals surface area contributed by atoms with Gasteiger partial charge in [0.1, 0.15) is 5.65 Å². The molecule has 1 saturated heterocycles. The Labute approximate surface area is 195 Å². The Morgan fingerprint density at radius 2 is 1.85 bits per heavy atom. The second-order valence-electron chi connectivity index (χ2n) is 10.9. The number of aromatic nitrogens is 3. The van der Waals surface area contributed by atoms with Crippen LogP contribution in [0.4, 0.5) is 17.3 Å². The smallest absolute Gasteiger partial charge is 0.229 e. The summed E-state index contributed by atoms with van der Waals surface area (Å²) in [4.78, 5) is 12.1. The lowest BCUT2D eigenvalue weighted by Crippen LogP contribution is -2.43. The van der Waals surface area contributed by atoms with Crippen LogP contribution in [0.3, 0.4) is 0 Å². The third-order valence-electron chi connectivity index (χ3n) is 9.01. The maximum atomic E-state index is 5.05. The van der Waals surface area contributed by atoms with Gasteiger partial charge < -0.3 is 20.1 Å². The van der Waals surface area contributed by atoms with Gasteiger partial charge >= 0.3 is 0 Å². The van der Waals surface area contributed by atoms with E-state index in [1.54, 1.807) is 0 Å². The highest BCUT2D eigenvalue weighted by Crippen LogP contribution is 2.58. The third kappa shape index (κ3) is 3.41. The predicted octanol–water partition coefficient (Wildman–Crippen LogP) is 4.90. The van der Waals surface area contributed by atoms with Crippen molar-refractivity contribution in [3.63, 3.8) is 0 Å². The molecule has 4 unspecified atom stereocenters. The van der Waals surface area contributed by atoms with Crippen LogP contribution in [0.5, 0.6) is 0 Å². The lowest BCUT2D eigenvalue weighted by Gasteiger charge is -2.42. The van der Waals surface area contributed by atoms with Gasteiger partial charge in [0.15, 0.2) is 0 Å². The van der Waals surface area contributed by atoms with Crippen LogP contribution in [-0.4, -0.2) is 40.7 Å². The van der Waals surface area contributed by atoms with E-state index < -0.39 is 0 Å². The van der Waals surface area contributed by atoms with Crippen molar-refractivity contribution in [1.29, 1.82) is 0 Å². The maximum absolute atomic E-state index is 5.05. The number of fused-ring (bicyclic) bond motifs is 3. The first-order chi connectivity index (χ1) is 16.3. The topological polar surface area (TPSA) is 58.0 Å². The van der Waals surface area contributed by atoms with Gasteiger partial charge in [-0.15, -0.1) is 0 Å². The molecule has 3 saturated carbocycles. The summed E-state index contributed by atoms with van der Waals surface area (Å²) >= 11 is 0. The van der Waals surface area contributed by atoms with E-state index >= 15 is 0 Å². The number of hydrogen-bond donors (Lipinski definition) is 2. The van der Waals surface area contributed by atoms with Gasteiger partial charge in [0.2, 0.25) is 5.95 Å². The van der Waals surface area contributed by atoms with Crippen molar-refractivity contribution in [1.82, 2.24) is 19.9 Å². The predicted molar refractivity (Wildman–Crippen MR) is 133 cm³/mol. The molecular formula is C27H34N6. The maximum Gasteiger partial charge on any atom is 0.229 e. The summed E-state index contributed by atoms with van der Waals surface area (Å²) in [5, 5.41) is 8.04. The number of hydrogen-bond acceptors (Lipinski definition) is 5. The normalized spacial score (nSPS) is 31.2. The van der Waals surface area contributed by atoms with E-state index in [1.807, 2.05) is 6.20 Å². The Morgan fingerprint density at radius 1 is 1.00 bits per heavy atom. The summed E-state index contributed by atoms with van der Waals surface area (Å²) < 4.78 is 2.55. The quantitative estimate of drug-likeness (QED) is 0.602. The van der Waals surface area contributed by atoms with Crippen molar-refractivity contribution in [3.8, 4) is 0 Å². The molecule has 3 aliphatic carbocycles. The van der Waals surface area contributed by atoms with E-state index in [4.69, 9.17) is 4.98 Å². The van der Waals surface area contributed by atoms with E-state index in [0.717, 1.165) is 60.7 Å². The first kappa shape index (κ1) is 19.8. The van der Waals surface area contributed by atoms with Crippen LogP contribution in [0, 0.1) is 17.8 Å². The number of piperazine rings is 1. The van der Waals surface area contributed by atoms with Gasteiger partial charge in [-0.3, -0.25) is 0 Å². The molecule has 4 atom stereocenters. The number of rotatable bonds is 4. The zero-order valence-electron chi connectivity index (χ0n) is 19.3. The van der Waals surface area contributed by atoms with Crippen LogP contribution >= 0.6 is 0 Å². The molecule has 172 valence electrons. The van der Waals surface area contributed by atoms with Crippen LogP contribution in [0.25, 0.3) is 11.0 Å². The summed E-state index contributed by atoms with van der Waals surface area (Å²) in [6, 6.07) is 10.9. The summed E-state index contributed by atoms with van der Waals surface area (Å²) in [7, 11) is 0. The van der Waals surface area contributed by atoms with E-state index in [9.17, 15) is 0 Å². The molecule has 6 nitrogen and oxygen atoms in total. The van der Waals surface area contributed by atoms with Crippen molar-refractivity contribution >= 4 is 28.4 Å². The van der Waals surface area contributed by atoms with Gasteiger partial charge in [0.05, 0.1) is 0 Å². The summed E-state index contributed by atoms with van der Waals surface area (Å²) in [6.07, 6.45) is 14.0. The van der Waals surface area contributed by atoms with Crippen LogP contribution in [-0.2, 0) is 5.54 Å². The van der Waals surface area contributed by atoms with Gasteiger partial charge in [-0.2, -0.15) is 4.98 Å². The number of nitrogens with one attached hydrogen (secondary N) is 2. The molecule has 6 heteroatoms. The summed E-state index contributed by atoms with van der Waals surface area (Å²) in [5.74, 6) is 3.52. The molecule has 4 fully saturated rings.